The molecule has 2 nitrogen and oxygen atoms in total. The topological polar surface area (TPSA) is 40.5 Å². The molecule has 74 valence electrons. The zero-order valence-electron chi connectivity index (χ0n) is 6.51. The molecule has 0 heterocycles. The predicted molar refractivity (Wildman–Crippen MR) is 40.6 cm³/mol. The Bertz CT molecular complexity index is 128. The highest BCUT2D eigenvalue weighted by molar-refractivity contribution is 8.00. The summed E-state index contributed by atoms with van der Waals surface area (Å²) in [6.45, 7) is 1.72. The first kappa shape index (κ1) is 12.1. The van der Waals surface area contributed by atoms with Gasteiger partial charge < -0.3 is 10.2 Å². The molecular weight excluding hydrogens is 193 g/mol. The van der Waals surface area contributed by atoms with Crippen molar-refractivity contribution in [2.24, 2.45) is 0 Å². The van der Waals surface area contributed by atoms with Crippen molar-refractivity contribution >= 4 is 11.8 Å². The van der Waals surface area contributed by atoms with Crippen LogP contribution in [-0.2, 0) is 0 Å². The van der Waals surface area contributed by atoms with Crippen molar-refractivity contribution in [3.8, 4) is 0 Å². The molecule has 0 aliphatic rings. The van der Waals surface area contributed by atoms with Gasteiger partial charge in [0.1, 0.15) is 5.44 Å². The van der Waals surface area contributed by atoms with E-state index in [0.29, 0.717) is 6.42 Å². The number of hydrogen-bond donors (Lipinski definition) is 2. The van der Waals surface area contributed by atoms with Crippen molar-refractivity contribution in [1.29, 1.82) is 0 Å². The summed E-state index contributed by atoms with van der Waals surface area (Å²) < 4.78 is 34.8. The monoisotopic (exact) mass is 204 g/mol. The zero-order chi connectivity index (χ0) is 9.78. The Hall–Kier alpha value is 0.0600. The molecule has 0 aliphatic heterocycles. The van der Waals surface area contributed by atoms with Crippen LogP contribution in [0.5, 0.6) is 0 Å². The van der Waals surface area contributed by atoms with E-state index in [-0.39, 0.29) is 6.42 Å². The Kier molecular flexibility index (Phi) is 4.96. The lowest BCUT2D eigenvalue weighted by Gasteiger charge is -2.17. The van der Waals surface area contributed by atoms with Crippen molar-refractivity contribution in [1.82, 2.24) is 0 Å². The summed E-state index contributed by atoms with van der Waals surface area (Å²) in [6.07, 6.45) is -0.595. The molecule has 0 amide bonds. The fraction of sp³-hybridized carbons (Fsp3) is 1.00. The number of aliphatic hydroxyl groups excluding tert-OH is 2. The van der Waals surface area contributed by atoms with E-state index in [1.807, 2.05) is 0 Å². The van der Waals surface area contributed by atoms with Crippen molar-refractivity contribution in [3.63, 3.8) is 0 Å². The Morgan fingerprint density at radius 2 is 1.83 bits per heavy atom. The zero-order valence-corrected chi connectivity index (χ0v) is 7.32. The van der Waals surface area contributed by atoms with E-state index in [1.54, 1.807) is 6.92 Å². The van der Waals surface area contributed by atoms with Crippen molar-refractivity contribution < 1.29 is 23.4 Å². The molecule has 0 spiro atoms. The van der Waals surface area contributed by atoms with Crippen LogP contribution in [0.3, 0.4) is 0 Å². The summed E-state index contributed by atoms with van der Waals surface area (Å²) in [7, 11) is 0. The van der Waals surface area contributed by atoms with Gasteiger partial charge >= 0.3 is 5.51 Å². The average molecular weight is 204 g/mol. The Morgan fingerprint density at radius 1 is 1.33 bits per heavy atom. The Balaban J connectivity index is 3.78. The van der Waals surface area contributed by atoms with E-state index in [9.17, 15) is 13.2 Å². The molecule has 0 rings (SSSR count). The molecule has 0 aromatic heterocycles. The molecule has 0 saturated carbocycles. The first-order valence-corrected chi connectivity index (χ1v) is 4.35. The molecule has 0 aliphatic carbocycles. The molecule has 2 N–H and O–H groups in total. The second-order valence-electron chi connectivity index (χ2n) is 2.31. The minimum absolute atomic E-state index is 0.171. The molecule has 0 radical (unpaired) electrons. The van der Waals surface area contributed by atoms with Crippen LogP contribution in [0.2, 0.25) is 0 Å². The maximum atomic E-state index is 11.6. The molecule has 0 saturated heterocycles. The third-order valence-electron chi connectivity index (χ3n) is 1.17. The maximum absolute atomic E-state index is 11.6. The number of hydrogen-bond acceptors (Lipinski definition) is 3. The standard InChI is InChI=1S/C6H11F3O2S/c1-2-3-4(10)5(11)12-6(7,8)9/h4-5,10-11H,2-3H2,1H3. The number of thioether (sulfide) groups is 1. The highest BCUT2D eigenvalue weighted by Crippen LogP contribution is 2.34. The van der Waals surface area contributed by atoms with Crippen LogP contribution in [0.15, 0.2) is 0 Å². The van der Waals surface area contributed by atoms with Gasteiger partial charge in [-0.2, -0.15) is 13.2 Å². The van der Waals surface area contributed by atoms with Gasteiger partial charge in [0.2, 0.25) is 0 Å². The summed E-state index contributed by atoms with van der Waals surface area (Å²) >= 11 is -0.590. The van der Waals surface area contributed by atoms with E-state index in [1.165, 1.54) is 0 Å². The minimum atomic E-state index is -4.49. The lowest BCUT2D eigenvalue weighted by molar-refractivity contribution is -0.0390. The van der Waals surface area contributed by atoms with Crippen LogP contribution >= 0.6 is 11.8 Å². The molecule has 2 atom stereocenters. The largest absolute Gasteiger partial charge is 0.444 e. The Labute approximate surface area is 72.8 Å². The summed E-state index contributed by atoms with van der Waals surface area (Å²) in [5.74, 6) is 0. The van der Waals surface area contributed by atoms with E-state index in [2.05, 4.69) is 0 Å². The Morgan fingerprint density at radius 3 is 2.17 bits per heavy atom. The van der Waals surface area contributed by atoms with E-state index in [4.69, 9.17) is 10.2 Å². The van der Waals surface area contributed by atoms with Crippen LogP contribution in [0, 0.1) is 0 Å². The summed E-state index contributed by atoms with van der Waals surface area (Å²) in [5, 5.41) is 17.7. The number of alkyl halides is 3. The first-order valence-electron chi connectivity index (χ1n) is 3.47. The van der Waals surface area contributed by atoms with Crippen molar-refractivity contribution in [3.05, 3.63) is 0 Å². The fourth-order valence-electron chi connectivity index (χ4n) is 0.654. The van der Waals surface area contributed by atoms with Crippen LogP contribution in [0.25, 0.3) is 0 Å². The summed E-state index contributed by atoms with van der Waals surface area (Å²) in [6, 6.07) is 0. The van der Waals surface area contributed by atoms with Gasteiger partial charge in [-0.1, -0.05) is 13.3 Å². The van der Waals surface area contributed by atoms with Gasteiger partial charge in [-0.25, -0.2) is 0 Å². The predicted octanol–water partition coefficient (Wildman–Crippen LogP) is 1.72. The lowest BCUT2D eigenvalue weighted by Crippen LogP contribution is -2.25. The van der Waals surface area contributed by atoms with Gasteiger partial charge in [0.15, 0.2) is 0 Å². The summed E-state index contributed by atoms with van der Waals surface area (Å²) in [4.78, 5) is 0. The second kappa shape index (κ2) is 4.94. The van der Waals surface area contributed by atoms with Crippen molar-refractivity contribution in [2.75, 3.05) is 0 Å². The second-order valence-corrected chi connectivity index (χ2v) is 3.49. The smallest absolute Gasteiger partial charge is 0.390 e. The fourth-order valence-corrected chi connectivity index (χ4v) is 1.22. The highest BCUT2D eigenvalue weighted by Gasteiger charge is 2.34. The third-order valence-corrected chi connectivity index (χ3v) is 1.99. The number of rotatable bonds is 4. The van der Waals surface area contributed by atoms with Gasteiger partial charge in [0, 0.05) is 0 Å². The molecular formula is C6H11F3O2S. The van der Waals surface area contributed by atoms with Gasteiger partial charge in [-0.05, 0) is 18.2 Å². The maximum Gasteiger partial charge on any atom is 0.444 e. The van der Waals surface area contributed by atoms with Crippen molar-refractivity contribution in [2.45, 2.75) is 36.8 Å². The summed E-state index contributed by atoms with van der Waals surface area (Å²) in [5.41, 5.74) is -6.27. The average Bonchev–Trinajstić information content (AvgIpc) is 1.84. The molecule has 0 aromatic rings. The van der Waals surface area contributed by atoms with Crippen LogP contribution < -0.4 is 0 Å². The van der Waals surface area contributed by atoms with E-state index >= 15 is 0 Å². The van der Waals surface area contributed by atoms with Crippen LogP contribution in [0.4, 0.5) is 13.2 Å². The molecule has 0 aromatic carbocycles. The third kappa shape index (κ3) is 5.68. The molecule has 0 fully saturated rings. The van der Waals surface area contributed by atoms with Gasteiger partial charge in [-0.15, -0.1) is 0 Å². The van der Waals surface area contributed by atoms with Crippen LogP contribution in [0.1, 0.15) is 19.8 Å². The normalized spacial score (nSPS) is 17.5. The molecule has 6 heteroatoms. The molecule has 12 heavy (non-hydrogen) atoms. The number of aliphatic hydroxyl groups is 2. The first-order chi connectivity index (χ1) is 5.37. The quantitative estimate of drug-likeness (QED) is 0.685. The highest BCUT2D eigenvalue weighted by atomic mass is 32.2. The van der Waals surface area contributed by atoms with Gasteiger partial charge in [0.25, 0.3) is 0 Å². The van der Waals surface area contributed by atoms with Crippen LogP contribution in [-0.4, -0.2) is 27.3 Å². The van der Waals surface area contributed by atoms with Gasteiger partial charge in [-0.3, -0.25) is 0 Å². The minimum Gasteiger partial charge on any atom is -0.390 e. The van der Waals surface area contributed by atoms with Gasteiger partial charge in [0.05, 0.1) is 6.10 Å². The van der Waals surface area contributed by atoms with E-state index < -0.39 is 28.8 Å². The SMILES string of the molecule is CCCC(O)C(O)SC(F)(F)F. The molecule has 0 bridgehead atoms. The molecule has 2 unspecified atom stereocenters. The number of halogens is 3. The van der Waals surface area contributed by atoms with E-state index in [0.717, 1.165) is 0 Å². The lowest BCUT2D eigenvalue weighted by atomic mass is 10.2.